The van der Waals surface area contributed by atoms with Gasteiger partial charge >= 0.3 is 0 Å². The summed E-state index contributed by atoms with van der Waals surface area (Å²) in [7, 11) is -4.14. The maximum Gasteiger partial charge on any atom is 0.250 e. The van der Waals surface area contributed by atoms with Crippen LogP contribution in [-0.4, -0.2) is 42.7 Å². The molecule has 8 nitrogen and oxygen atoms in total. The number of amides is 1. The highest BCUT2D eigenvalue weighted by molar-refractivity contribution is 7.91. The number of nitrogens with zero attached hydrogens (tertiary/aromatic N) is 3. The second-order valence-corrected chi connectivity index (χ2v) is 9.77. The summed E-state index contributed by atoms with van der Waals surface area (Å²) in [5, 5.41) is 7.50. The van der Waals surface area contributed by atoms with E-state index in [2.05, 4.69) is 10.2 Å². The summed E-state index contributed by atoms with van der Waals surface area (Å²) < 4.78 is 70.9. The fraction of sp³-hybridized carbons (Fsp3) is 0.250. The van der Waals surface area contributed by atoms with Gasteiger partial charge in [-0.05, 0) is 29.8 Å². The van der Waals surface area contributed by atoms with Gasteiger partial charge in [-0.1, -0.05) is 23.7 Å². The van der Waals surface area contributed by atoms with Crippen LogP contribution in [0.4, 0.5) is 18.9 Å². The number of carbonyl (C=O) groups excluding carboxylic acids is 1. The molecule has 0 aliphatic carbocycles. The summed E-state index contributed by atoms with van der Waals surface area (Å²) in [6, 6.07) is 6.87. The average Bonchev–Trinajstić information content (AvgIpc) is 3.17. The molecule has 1 aliphatic rings. The van der Waals surface area contributed by atoms with Crippen molar-refractivity contribution in [3.8, 4) is 11.5 Å². The molecule has 4 rings (SSSR count). The molecule has 0 unspecified atom stereocenters. The molecule has 2 heterocycles. The van der Waals surface area contributed by atoms with Gasteiger partial charge in [0.2, 0.25) is 18.2 Å². The topological polar surface area (TPSA) is 119 Å². The molecule has 33 heavy (non-hydrogen) atoms. The minimum absolute atomic E-state index is 0.0856. The van der Waals surface area contributed by atoms with Crippen LogP contribution in [-0.2, 0) is 27.6 Å². The van der Waals surface area contributed by atoms with Gasteiger partial charge in [0, 0.05) is 5.02 Å². The summed E-state index contributed by atoms with van der Waals surface area (Å²) in [6.07, 6.45) is -3.58. The van der Waals surface area contributed by atoms with Gasteiger partial charge in [0.05, 0.1) is 40.9 Å². The molecule has 0 bridgehead atoms. The summed E-state index contributed by atoms with van der Waals surface area (Å²) in [6.45, 7) is -0.0856. The highest BCUT2D eigenvalue weighted by Crippen LogP contribution is 2.37. The van der Waals surface area contributed by atoms with Crippen LogP contribution in [0.25, 0.3) is 11.5 Å². The van der Waals surface area contributed by atoms with Crippen molar-refractivity contribution >= 4 is 33.0 Å². The molecular formula is C20H16ClF3N4O4S. The van der Waals surface area contributed by atoms with Crippen molar-refractivity contribution < 1.29 is 30.8 Å². The quantitative estimate of drug-likeness (QED) is 0.572. The van der Waals surface area contributed by atoms with Crippen molar-refractivity contribution in [2.75, 3.05) is 10.7 Å². The SMILES string of the molecule is N[C@H]1CS(=O)(=O)c2cc(F)c(-c3nnc(CC(F)F)o3)cc2N(Cc2ccc(Cl)cc2)C1=O. The Kier molecular flexibility index (Phi) is 6.16. The molecule has 0 spiro atoms. The maximum absolute atomic E-state index is 14.9. The lowest BCUT2D eigenvalue weighted by molar-refractivity contribution is -0.119. The van der Waals surface area contributed by atoms with E-state index in [1.807, 2.05) is 0 Å². The first-order valence-electron chi connectivity index (χ1n) is 9.54. The highest BCUT2D eigenvalue weighted by atomic mass is 35.5. The Balaban J connectivity index is 1.86. The number of nitrogens with two attached hydrogens (primary N) is 1. The number of sulfone groups is 1. The van der Waals surface area contributed by atoms with Crippen LogP contribution in [0.5, 0.6) is 0 Å². The van der Waals surface area contributed by atoms with Crippen molar-refractivity contribution in [2.45, 2.75) is 30.3 Å². The number of carbonyl (C=O) groups is 1. The number of halogens is 4. The Bertz CT molecular complexity index is 1320. The zero-order chi connectivity index (χ0) is 23.9. The van der Waals surface area contributed by atoms with Crippen LogP contribution in [0.15, 0.2) is 45.7 Å². The molecular weight excluding hydrogens is 485 g/mol. The summed E-state index contributed by atoms with van der Waals surface area (Å²) >= 11 is 5.90. The van der Waals surface area contributed by atoms with Crippen LogP contribution in [0.3, 0.4) is 0 Å². The van der Waals surface area contributed by atoms with Gasteiger partial charge in [-0.3, -0.25) is 4.79 Å². The number of alkyl halides is 2. The van der Waals surface area contributed by atoms with Crippen LogP contribution in [0.2, 0.25) is 5.02 Å². The Labute approximate surface area is 191 Å². The van der Waals surface area contributed by atoms with E-state index in [4.69, 9.17) is 21.8 Å². The zero-order valence-electron chi connectivity index (χ0n) is 16.7. The van der Waals surface area contributed by atoms with E-state index in [1.54, 1.807) is 24.3 Å². The number of anilines is 1. The van der Waals surface area contributed by atoms with Gasteiger partial charge in [-0.2, -0.15) is 0 Å². The summed E-state index contributed by atoms with van der Waals surface area (Å²) in [5.41, 5.74) is 5.95. The second-order valence-electron chi connectivity index (χ2n) is 7.33. The Hall–Kier alpha value is -2.96. The van der Waals surface area contributed by atoms with E-state index < -0.39 is 62.9 Å². The van der Waals surface area contributed by atoms with Crippen molar-refractivity contribution in [3.63, 3.8) is 0 Å². The number of benzene rings is 2. The highest BCUT2D eigenvalue weighted by Gasteiger charge is 2.37. The lowest BCUT2D eigenvalue weighted by Crippen LogP contribution is -2.45. The third-order valence-corrected chi connectivity index (χ3v) is 6.98. The fourth-order valence-corrected chi connectivity index (χ4v) is 5.09. The van der Waals surface area contributed by atoms with Crippen molar-refractivity contribution in [2.24, 2.45) is 5.73 Å². The molecule has 1 amide bonds. The number of aromatic nitrogens is 2. The van der Waals surface area contributed by atoms with Gasteiger partial charge in [-0.25, -0.2) is 21.6 Å². The van der Waals surface area contributed by atoms with Crippen LogP contribution >= 0.6 is 11.6 Å². The van der Waals surface area contributed by atoms with Crippen molar-refractivity contribution in [1.82, 2.24) is 10.2 Å². The first-order valence-corrected chi connectivity index (χ1v) is 11.6. The summed E-state index contributed by atoms with van der Waals surface area (Å²) in [5.74, 6) is -3.31. The second kappa shape index (κ2) is 8.76. The smallest absolute Gasteiger partial charge is 0.250 e. The third kappa shape index (κ3) is 4.72. The molecule has 2 N–H and O–H groups in total. The van der Waals surface area contributed by atoms with E-state index in [1.165, 1.54) is 0 Å². The minimum atomic E-state index is -4.14. The van der Waals surface area contributed by atoms with Gasteiger partial charge < -0.3 is 15.1 Å². The molecule has 0 fully saturated rings. The molecule has 0 saturated heterocycles. The van der Waals surface area contributed by atoms with Gasteiger partial charge in [-0.15, -0.1) is 10.2 Å². The summed E-state index contributed by atoms with van der Waals surface area (Å²) in [4.78, 5) is 13.7. The number of fused-ring (bicyclic) bond motifs is 1. The molecule has 174 valence electrons. The minimum Gasteiger partial charge on any atom is -0.420 e. The molecule has 2 aromatic carbocycles. The van der Waals surface area contributed by atoms with Gasteiger partial charge in [0.15, 0.2) is 9.84 Å². The zero-order valence-corrected chi connectivity index (χ0v) is 18.3. The van der Waals surface area contributed by atoms with Crippen molar-refractivity contribution in [3.05, 3.63) is 58.7 Å². The Morgan fingerprint density at radius 1 is 1.21 bits per heavy atom. The maximum atomic E-state index is 14.9. The monoisotopic (exact) mass is 500 g/mol. The molecule has 3 aromatic rings. The average molecular weight is 501 g/mol. The molecule has 13 heteroatoms. The molecule has 0 saturated carbocycles. The first kappa shape index (κ1) is 23.2. The molecule has 1 aromatic heterocycles. The van der Waals surface area contributed by atoms with E-state index >= 15 is 0 Å². The lowest BCUT2D eigenvalue weighted by atomic mass is 10.1. The molecule has 1 aliphatic heterocycles. The van der Waals surface area contributed by atoms with E-state index in [9.17, 15) is 26.4 Å². The number of rotatable bonds is 5. The molecule has 0 radical (unpaired) electrons. The molecule has 1 atom stereocenters. The van der Waals surface area contributed by atoms with Crippen LogP contribution in [0.1, 0.15) is 11.5 Å². The van der Waals surface area contributed by atoms with E-state index in [0.717, 1.165) is 17.0 Å². The fourth-order valence-electron chi connectivity index (χ4n) is 3.40. The first-order chi connectivity index (χ1) is 15.5. The normalized spacial score (nSPS) is 17.8. The van der Waals surface area contributed by atoms with Crippen LogP contribution in [0, 0.1) is 5.82 Å². The third-order valence-electron chi connectivity index (χ3n) is 4.94. The number of hydrogen-bond acceptors (Lipinski definition) is 7. The van der Waals surface area contributed by atoms with Gasteiger partial charge in [0.1, 0.15) is 5.82 Å². The number of hydrogen-bond donors (Lipinski definition) is 1. The van der Waals surface area contributed by atoms with Crippen LogP contribution < -0.4 is 10.6 Å². The largest absolute Gasteiger partial charge is 0.420 e. The Morgan fingerprint density at radius 3 is 2.58 bits per heavy atom. The predicted octanol–water partition coefficient (Wildman–Crippen LogP) is 2.98. The lowest BCUT2D eigenvalue weighted by Gasteiger charge is -2.24. The Morgan fingerprint density at radius 2 is 1.91 bits per heavy atom. The van der Waals surface area contributed by atoms with E-state index in [-0.39, 0.29) is 17.8 Å². The van der Waals surface area contributed by atoms with E-state index in [0.29, 0.717) is 10.6 Å². The van der Waals surface area contributed by atoms with Crippen molar-refractivity contribution in [1.29, 1.82) is 0 Å². The standard InChI is InChI=1S/C20H16ClF3N4O4S/c21-11-3-1-10(2-4-11)8-28-15-5-12(19-27-26-18(32-19)7-17(23)24)13(22)6-16(15)33(30,31)9-14(25)20(28)29/h1-6,14,17H,7-9,25H2/t14-/m0/s1. The predicted molar refractivity (Wildman–Crippen MR) is 112 cm³/mol. The van der Waals surface area contributed by atoms with Gasteiger partial charge in [0.25, 0.3) is 5.89 Å².